The number of rotatable bonds is 1. The lowest BCUT2D eigenvalue weighted by molar-refractivity contribution is 1.69. The molecular weight excluding hydrogens is 367 g/mol. The first-order valence-electron chi connectivity index (χ1n) is 6.83. The van der Waals surface area contributed by atoms with Crippen molar-refractivity contribution in [2.75, 3.05) is 0 Å². The summed E-state index contributed by atoms with van der Waals surface area (Å²) < 4.78 is 1.31. The molecule has 0 saturated heterocycles. The van der Waals surface area contributed by atoms with E-state index >= 15 is 0 Å². The van der Waals surface area contributed by atoms with Gasteiger partial charge in [-0.15, -0.1) is 0 Å². The van der Waals surface area contributed by atoms with Crippen molar-refractivity contribution in [3.05, 3.63) is 87.4 Å². The number of fused-ring (bicyclic) bond motifs is 2. The zero-order valence-corrected chi connectivity index (χ0v) is 13.4. The third kappa shape index (κ3) is 1.99. The molecule has 0 radical (unpaired) electrons. The highest BCUT2D eigenvalue weighted by atomic mass is 127. The van der Waals surface area contributed by atoms with Crippen molar-refractivity contribution >= 4 is 49.7 Å². The van der Waals surface area contributed by atoms with Crippen LogP contribution in [0.1, 0.15) is 5.56 Å². The van der Waals surface area contributed by atoms with E-state index in [1.807, 2.05) is 12.2 Å². The predicted molar refractivity (Wildman–Crippen MR) is 98.3 cm³/mol. The summed E-state index contributed by atoms with van der Waals surface area (Å²) in [5.74, 6) is 0. The second-order valence-electron chi connectivity index (χ2n) is 5.00. The van der Waals surface area contributed by atoms with Crippen LogP contribution in [0, 0.1) is 3.57 Å². The van der Waals surface area contributed by atoms with Crippen molar-refractivity contribution in [1.29, 1.82) is 0 Å². The van der Waals surface area contributed by atoms with E-state index in [0.717, 1.165) is 0 Å². The minimum atomic E-state index is 1.19. The second-order valence-corrected chi connectivity index (χ2v) is 6.08. The van der Waals surface area contributed by atoms with Gasteiger partial charge in [0.25, 0.3) is 0 Å². The summed E-state index contributed by atoms with van der Waals surface area (Å²) >= 11 is 2.46. The Balaban J connectivity index is 2.25. The molecule has 0 heterocycles. The van der Waals surface area contributed by atoms with Crippen LogP contribution in [0.25, 0.3) is 27.1 Å². The van der Waals surface area contributed by atoms with Crippen molar-refractivity contribution in [3.8, 4) is 0 Å². The Hall–Kier alpha value is -2.05. The zero-order valence-electron chi connectivity index (χ0n) is 11.2. The lowest BCUT2D eigenvalue weighted by Gasteiger charge is -2.14. The molecule has 1 heteroatoms. The minimum Gasteiger partial charge on any atom is -0.0702 e. The molecule has 0 spiro atoms. The van der Waals surface area contributed by atoms with E-state index < -0.39 is 0 Å². The van der Waals surface area contributed by atoms with E-state index in [0.29, 0.717) is 0 Å². The van der Waals surface area contributed by atoms with E-state index in [1.54, 1.807) is 0 Å². The smallest absolute Gasteiger partial charge is 0.0287 e. The van der Waals surface area contributed by atoms with Gasteiger partial charge >= 0.3 is 0 Å². The van der Waals surface area contributed by atoms with Crippen LogP contribution in [-0.2, 0) is 0 Å². The summed E-state index contributed by atoms with van der Waals surface area (Å²) in [6, 6.07) is 17.2. The van der Waals surface area contributed by atoms with Gasteiger partial charge in [0, 0.05) is 3.57 Å². The Morgan fingerprint density at radius 2 is 1.29 bits per heavy atom. The number of hydrogen-bond acceptors (Lipinski definition) is 0. The molecule has 21 heavy (non-hydrogen) atoms. The maximum atomic E-state index is 3.08. The van der Waals surface area contributed by atoms with Crippen molar-refractivity contribution in [1.82, 2.24) is 0 Å². The first-order chi connectivity index (χ1) is 10.4. The van der Waals surface area contributed by atoms with E-state index in [9.17, 15) is 0 Å². The van der Waals surface area contributed by atoms with Gasteiger partial charge in [0.15, 0.2) is 0 Å². The average Bonchev–Trinajstić information content (AvgIpc) is 2.56. The molecule has 98 valence electrons. The van der Waals surface area contributed by atoms with Gasteiger partial charge < -0.3 is 0 Å². The molecule has 4 rings (SSSR count). The largest absolute Gasteiger partial charge is 0.0702 e. The Morgan fingerprint density at radius 1 is 0.714 bits per heavy atom. The first kappa shape index (κ1) is 12.7. The van der Waals surface area contributed by atoms with E-state index in [4.69, 9.17) is 0 Å². The molecule has 0 aromatic heterocycles. The lowest BCUT2D eigenvalue weighted by atomic mass is 9.91. The molecule has 0 fully saturated rings. The Bertz CT molecular complexity index is 952. The molecule has 0 atom stereocenters. The topological polar surface area (TPSA) is 0 Å². The number of allylic oxidation sites excluding steroid dienone is 4. The SMILES string of the molecule is Ic1c2ccccc2c(C2=CC=C=C=C2)c2ccccc12. The molecule has 0 saturated carbocycles. The van der Waals surface area contributed by atoms with E-state index in [1.165, 1.54) is 36.3 Å². The maximum Gasteiger partial charge on any atom is 0.0287 e. The van der Waals surface area contributed by atoms with Crippen LogP contribution in [0.4, 0.5) is 0 Å². The standard InChI is InChI=1S/C20H11I/c21-20-17-12-6-4-10-15(17)19(14-8-2-1-3-9-14)16-11-5-7-13-18(16)20/h2,4-13H. The molecule has 3 aromatic carbocycles. The van der Waals surface area contributed by atoms with Gasteiger partial charge in [0.1, 0.15) is 0 Å². The third-order valence-corrected chi connectivity index (χ3v) is 4.97. The molecule has 0 aliphatic heterocycles. The van der Waals surface area contributed by atoms with Gasteiger partial charge in [-0.3, -0.25) is 0 Å². The van der Waals surface area contributed by atoms with Crippen molar-refractivity contribution in [3.63, 3.8) is 0 Å². The lowest BCUT2D eigenvalue weighted by Crippen LogP contribution is -1.91. The molecule has 0 bridgehead atoms. The highest BCUT2D eigenvalue weighted by molar-refractivity contribution is 14.1. The molecule has 1 aliphatic rings. The monoisotopic (exact) mass is 378 g/mol. The summed E-state index contributed by atoms with van der Waals surface area (Å²) in [4.78, 5) is 0. The van der Waals surface area contributed by atoms with Crippen LogP contribution < -0.4 is 0 Å². The van der Waals surface area contributed by atoms with Gasteiger partial charge in [-0.25, -0.2) is 0 Å². The van der Waals surface area contributed by atoms with Crippen molar-refractivity contribution < 1.29 is 0 Å². The maximum absolute atomic E-state index is 3.08. The zero-order chi connectivity index (χ0) is 14.2. The van der Waals surface area contributed by atoms with E-state index in [2.05, 4.69) is 88.7 Å². The quantitative estimate of drug-likeness (QED) is 0.283. The van der Waals surface area contributed by atoms with Gasteiger partial charge in [0.05, 0.1) is 0 Å². The fourth-order valence-corrected chi connectivity index (χ4v) is 3.83. The number of halogens is 1. The molecule has 3 aromatic rings. The fourth-order valence-electron chi connectivity index (χ4n) is 2.89. The van der Waals surface area contributed by atoms with Crippen molar-refractivity contribution in [2.24, 2.45) is 0 Å². The minimum absolute atomic E-state index is 1.19. The molecule has 0 unspecified atom stereocenters. The summed E-state index contributed by atoms with van der Waals surface area (Å²) in [6.45, 7) is 0. The third-order valence-electron chi connectivity index (χ3n) is 3.81. The normalized spacial score (nSPS) is 13.1. The molecule has 1 aliphatic carbocycles. The predicted octanol–water partition coefficient (Wildman–Crippen LogP) is 5.86. The van der Waals surface area contributed by atoms with Crippen LogP contribution in [-0.4, -0.2) is 0 Å². The summed E-state index contributed by atoms with van der Waals surface area (Å²) in [5.41, 5.74) is 8.54. The number of hydrogen-bond donors (Lipinski definition) is 0. The highest BCUT2D eigenvalue weighted by Crippen LogP contribution is 2.37. The highest BCUT2D eigenvalue weighted by Gasteiger charge is 2.13. The second kappa shape index (κ2) is 5.05. The molecule has 0 N–H and O–H groups in total. The molecule has 0 amide bonds. The Kier molecular flexibility index (Phi) is 3.05. The van der Waals surface area contributed by atoms with Gasteiger partial charge in [-0.2, -0.15) is 0 Å². The van der Waals surface area contributed by atoms with Gasteiger partial charge in [-0.1, -0.05) is 60.0 Å². The summed E-state index contributed by atoms with van der Waals surface area (Å²) in [7, 11) is 0. The van der Waals surface area contributed by atoms with E-state index in [-0.39, 0.29) is 0 Å². The van der Waals surface area contributed by atoms with Crippen LogP contribution >= 0.6 is 22.6 Å². The number of benzene rings is 3. The fraction of sp³-hybridized carbons (Fsp3) is 0. The summed E-state index contributed by atoms with van der Waals surface area (Å²) in [6.07, 6.45) is 6.05. The van der Waals surface area contributed by atoms with Crippen LogP contribution in [0.3, 0.4) is 0 Å². The first-order valence-corrected chi connectivity index (χ1v) is 7.91. The average molecular weight is 378 g/mol. The van der Waals surface area contributed by atoms with Crippen LogP contribution in [0.2, 0.25) is 0 Å². The van der Waals surface area contributed by atoms with Crippen molar-refractivity contribution in [2.45, 2.75) is 0 Å². The summed E-state index contributed by atoms with van der Waals surface area (Å²) in [5, 5.41) is 5.19. The Morgan fingerprint density at radius 3 is 1.81 bits per heavy atom. The van der Waals surface area contributed by atoms with Crippen LogP contribution in [0.5, 0.6) is 0 Å². The molecule has 0 nitrogen and oxygen atoms in total. The van der Waals surface area contributed by atoms with Gasteiger partial charge in [0.2, 0.25) is 0 Å². The van der Waals surface area contributed by atoms with Crippen LogP contribution in [0.15, 0.2) is 78.2 Å². The Labute approximate surface area is 136 Å². The molecular formula is C20H11I. The van der Waals surface area contributed by atoms with Gasteiger partial charge in [-0.05, 0) is 73.5 Å².